The van der Waals surface area contributed by atoms with Crippen molar-refractivity contribution < 1.29 is 14.4 Å². The summed E-state index contributed by atoms with van der Waals surface area (Å²) in [7, 11) is 0. The standard InChI is InChI=1S/C29H26N4O3/c1-18-7-9-19(10-8-18)17-30-26(34)20-11-13-21(14-12-20)33-27(35)29(2)25-23(15-16-32(29)28(33)36)22-5-3-4-6-24(22)31-25/h3-14,31H,15-17H2,1-2H3,(H,30,34). The van der Waals surface area contributed by atoms with Gasteiger partial charge in [-0.3, -0.25) is 9.59 Å². The molecule has 3 aromatic carbocycles. The van der Waals surface area contributed by atoms with Crippen molar-refractivity contribution in [2.75, 3.05) is 11.4 Å². The molecule has 7 heteroatoms. The van der Waals surface area contributed by atoms with Crippen LogP contribution in [0, 0.1) is 6.92 Å². The fourth-order valence-electron chi connectivity index (χ4n) is 5.37. The number of urea groups is 1. The molecule has 1 unspecified atom stereocenters. The maximum absolute atomic E-state index is 13.8. The number of anilines is 1. The van der Waals surface area contributed by atoms with Crippen molar-refractivity contribution in [2.24, 2.45) is 0 Å². The molecular weight excluding hydrogens is 452 g/mol. The molecule has 3 heterocycles. The molecule has 1 atom stereocenters. The molecule has 0 spiro atoms. The normalized spacial score (nSPS) is 18.9. The van der Waals surface area contributed by atoms with Gasteiger partial charge in [-0.1, -0.05) is 48.0 Å². The third kappa shape index (κ3) is 3.23. The summed E-state index contributed by atoms with van der Waals surface area (Å²) in [6, 6.07) is 22.2. The fourth-order valence-corrected chi connectivity index (χ4v) is 5.37. The largest absolute Gasteiger partial charge is 0.356 e. The Morgan fingerprint density at radius 2 is 1.72 bits per heavy atom. The molecule has 36 heavy (non-hydrogen) atoms. The van der Waals surface area contributed by atoms with Crippen LogP contribution in [-0.4, -0.2) is 34.3 Å². The van der Waals surface area contributed by atoms with E-state index in [1.165, 1.54) is 4.90 Å². The first-order chi connectivity index (χ1) is 17.4. The average molecular weight is 479 g/mol. The number of hydrogen-bond donors (Lipinski definition) is 2. The SMILES string of the molecule is Cc1ccc(CNC(=O)c2ccc(N3C(=O)N4CCc5c([nH]c6ccccc56)C4(C)C3=O)cc2)cc1. The van der Waals surface area contributed by atoms with Gasteiger partial charge in [0.2, 0.25) is 0 Å². The van der Waals surface area contributed by atoms with Gasteiger partial charge in [0.05, 0.1) is 11.4 Å². The van der Waals surface area contributed by atoms with Gasteiger partial charge in [-0.15, -0.1) is 0 Å². The number of nitrogens with one attached hydrogen (secondary N) is 2. The number of H-pyrrole nitrogens is 1. The van der Waals surface area contributed by atoms with E-state index in [0.717, 1.165) is 33.3 Å². The number of aromatic nitrogens is 1. The van der Waals surface area contributed by atoms with Crippen LogP contribution in [0.5, 0.6) is 0 Å². The summed E-state index contributed by atoms with van der Waals surface area (Å²) in [4.78, 5) is 46.1. The third-order valence-electron chi connectivity index (χ3n) is 7.43. The van der Waals surface area contributed by atoms with E-state index in [1.54, 1.807) is 29.2 Å². The number of carbonyl (C=O) groups is 3. The van der Waals surface area contributed by atoms with Crippen molar-refractivity contribution >= 4 is 34.4 Å². The highest BCUT2D eigenvalue weighted by Gasteiger charge is 2.59. The Hall–Kier alpha value is -4.39. The first-order valence-corrected chi connectivity index (χ1v) is 12.1. The molecule has 1 fully saturated rings. The predicted octanol–water partition coefficient (Wildman–Crippen LogP) is 4.65. The number of imide groups is 1. The molecule has 6 rings (SSSR count). The predicted molar refractivity (Wildman–Crippen MR) is 138 cm³/mol. The van der Waals surface area contributed by atoms with Gasteiger partial charge in [-0.05, 0) is 61.7 Å². The van der Waals surface area contributed by atoms with Crippen molar-refractivity contribution in [3.8, 4) is 0 Å². The molecule has 2 aliphatic heterocycles. The molecule has 180 valence electrons. The Balaban J connectivity index is 1.25. The van der Waals surface area contributed by atoms with Crippen LogP contribution in [0.2, 0.25) is 0 Å². The second-order valence-electron chi connectivity index (χ2n) is 9.64. The van der Waals surface area contributed by atoms with Gasteiger partial charge in [0.25, 0.3) is 11.8 Å². The Kier molecular flexibility index (Phi) is 4.96. The van der Waals surface area contributed by atoms with Gasteiger partial charge in [0.1, 0.15) is 0 Å². The number of benzene rings is 3. The van der Waals surface area contributed by atoms with E-state index < -0.39 is 5.54 Å². The van der Waals surface area contributed by atoms with Gasteiger partial charge in [0, 0.05) is 29.6 Å². The topological polar surface area (TPSA) is 85.5 Å². The van der Waals surface area contributed by atoms with Crippen molar-refractivity contribution in [2.45, 2.75) is 32.4 Å². The first kappa shape index (κ1) is 22.1. The van der Waals surface area contributed by atoms with E-state index >= 15 is 0 Å². The summed E-state index contributed by atoms with van der Waals surface area (Å²) in [5.41, 5.74) is 4.83. The minimum Gasteiger partial charge on any atom is -0.356 e. The van der Waals surface area contributed by atoms with Gasteiger partial charge < -0.3 is 15.2 Å². The van der Waals surface area contributed by atoms with E-state index in [9.17, 15) is 14.4 Å². The lowest BCUT2D eigenvalue weighted by atomic mass is 9.87. The monoisotopic (exact) mass is 478 g/mol. The number of amides is 4. The number of fused-ring (bicyclic) bond motifs is 5. The molecule has 4 amide bonds. The summed E-state index contributed by atoms with van der Waals surface area (Å²) in [5.74, 6) is -0.509. The summed E-state index contributed by atoms with van der Waals surface area (Å²) >= 11 is 0. The first-order valence-electron chi connectivity index (χ1n) is 12.1. The molecule has 7 nitrogen and oxygen atoms in total. The molecule has 0 radical (unpaired) electrons. The lowest BCUT2D eigenvalue weighted by molar-refractivity contribution is -0.125. The number of aromatic amines is 1. The van der Waals surface area contributed by atoms with Crippen molar-refractivity contribution in [3.05, 3.63) is 101 Å². The zero-order valence-corrected chi connectivity index (χ0v) is 20.2. The van der Waals surface area contributed by atoms with E-state index in [0.29, 0.717) is 30.8 Å². The van der Waals surface area contributed by atoms with Crippen molar-refractivity contribution in [1.29, 1.82) is 0 Å². The molecule has 0 bridgehead atoms. The van der Waals surface area contributed by atoms with Crippen molar-refractivity contribution in [1.82, 2.24) is 15.2 Å². The lowest BCUT2D eigenvalue weighted by Crippen LogP contribution is -2.49. The molecule has 2 N–H and O–H groups in total. The van der Waals surface area contributed by atoms with E-state index in [-0.39, 0.29) is 17.8 Å². The number of hydrogen-bond acceptors (Lipinski definition) is 3. The quantitative estimate of drug-likeness (QED) is 0.419. The highest BCUT2D eigenvalue weighted by atomic mass is 16.2. The Bertz CT molecular complexity index is 1520. The third-order valence-corrected chi connectivity index (χ3v) is 7.43. The molecule has 2 aliphatic rings. The Morgan fingerprint density at radius 1 is 1.00 bits per heavy atom. The summed E-state index contributed by atoms with van der Waals surface area (Å²) in [6.07, 6.45) is 0.682. The van der Waals surface area contributed by atoms with Crippen LogP contribution in [0.25, 0.3) is 10.9 Å². The summed E-state index contributed by atoms with van der Waals surface area (Å²) < 4.78 is 0. The van der Waals surface area contributed by atoms with Crippen LogP contribution in [0.15, 0.2) is 72.8 Å². The van der Waals surface area contributed by atoms with Crippen LogP contribution in [0.3, 0.4) is 0 Å². The van der Waals surface area contributed by atoms with Crippen LogP contribution in [0.4, 0.5) is 10.5 Å². The molecular formula is C29H26N4O3. The second-order valence-corrected chi connectivity index (χ2v) is 9.64. The number of aryl methyl sites for hydroxylation is 1. The van der Waals surface area contributed by atoms with Crippen LogP contribution >= 0.6 is 0 Å². The van der Waals surface area contributed by atoms with Crippen LogP contribution in [0.1, 0.15) is 39.7 Å². The average Bonchev–Trinajstić information content (AvgIpc) is 3.37. The summed E-state index contributed by atoms with van der Waals surface area (Å²) in [5, 5.41) is 4.00. The van der Waals surface area contributed by atoms with E-state index in [4.69, 9.17) is 0 Å². The molecule has 4 aromatic rings. The summed E-state index contributed by atoms with van der Waals surface area (Å²) in [6.45, 7) is 4.72. The number of para-hydroxylation sites is 1. The van der Waals surface area contributed by atoms with Crippen LogP contribution < -0.4 is 10.2 Å². The number of rotatable bonds is 4. The van der Waals surface area contributed by atoms with Crippen molar-refractivity contribution in [3.63, 3.8) is 0 Å². The van der Waals surface area contributed by atoms with E-state index in [1.807, 2.05) is 62.4 Å². The van der Waals surface area contributed by atoms with Gasteiger partial charge >= 0.3 is 6.03 Å². The number of nitrogens with zero attached hydrogens (tertiary/aromatic N) is 2. The van der Waals surface area contributed by atoms with Gasteiger partial charge in [-0.2, -0.15) is 0 Å². The number of carbonyl (C=O) groups excluding carboxylic acids is 3. The highest BCUT2D eigenvalue weighted by Crippen LogP contribution is 2.45. The zero-order chi connectivity index (χ0) is 25.0. The van der Waals surface area contributed by atoms with Gasteiger partial charge in [-0.25, -0.2) is 9.69 Å². The Labute approximate surface area is 208 Å². The van der Waals surface area contributed by atoms with Crippen LogP contribution in [-0.2, 0) is 23.3 Å². The maximum atomic E-state index is 13.8. The smallest absolute Gasteiger partial charge is 0.332 e. The zero-order valence-electron chi connectivity index (χ0n) is 20.2. The highest BCUT2D eigenvalue weighted by molar-refractivity contribution is 6.23. The molecule has 1 saturated heterocycles. The molecule has 1 aromatic heterocycles. The minimum atomic E-state index is -1.10. The second kappa shape index (κ2) is 8.09. The maximum Gasteiger partial charge on any atom is 0.332 e. The lowest BCUT2D eigenvalue weighted by Gasteiger charge is -2.35. The van der Waals surface area contributed by atoms with Gasteiger partial charge in [0.15, 0.2) is 5.54 Å². The van der Waals surface area contributed by atoms with E-state index in [2.05, 4.69) is 10.3 Å². The minimum absolute atomic E-state index is 0.215. The Morgan fingerprint density at radius 3 is 2.47 bits per heavy atom. The molecule has 0 aliphatic carbocycles. The molecule has 0 saturated carbocycles. The fraction of sp³-hybridized carbons (Fsp3) is 0.207.